The van der Waals surface area contributed by atoms with E-state index in [0.717, 1.165) is 4.47 Å². The van der Waals surface area contributed by atoms with Crippen LogP contribution in [0.25, 0.3) is 0 Å². The van der Waals surface area contributed by atoms with Crippen LogP contribution < -0.4 is 9.46 Å². The SMILES string of the molecule is O=S(=O)(NCCOc1ccc(Br)cc1)c1ccccc1Cl. The number of sulfonamides is 1. The largest absolute Gasteiger partial charge is 0.492 e. The summed E-state index contributed by atoms with van der Waals surface area (Å²) in [7, 11) is -3.62. The fourth-order valence-corrected chi connectivity index (χ4v) is 3.41. The molecular weight excluding hydrogens is 378 g/mol. The van der Waals surface area contributed by atoms with E-state index in [0.29, 0.717) is 5.75 Å². The molecule has 0 atom stereocenters. The standard InChI is InChI=1S/C14H13BrClNO3S/c15-11-5-7-12(8-6-11)20-10-9-17-21(18,19)14-4-2-1-3-13(14)16/h1-8,17H,9-10H2. The first-order valence-electron chi connectivity index (χ1n) is 6.11. The normalized spacial score (nSPS) is 11.3. The molecular formula is C14H13BrClNO3S. The average molecular weight is 391 g/mol. The van der Waals surface area contributed by atoms with Crippen LogP contribution in [0, 0.1) is 0 Å². The van der Waals surface area contributed by atoms with E-state index in [-0.39, 0.29) is 23.1 Å². The van der Waals surface area contributed by atoms with Gasteiger partial charge in [0, 0.05) is 11.0 Å². The molecule has 0 aliphatic rings. The van der Waals surface area contributed by atoms with Crippen molar-refractivity contribution >= 4 is 37.6 Å². The van der Waals surface area contributed by atoms with Crippen LogP contribution in [0.2, 0.25) is 5.02 Å². The van der Waals surface area contributed by atoms with Gasteiger partial charge in [-0.2, -0.15) is 0 Å². The van der Waals surface area contributed by atoms with Crippen molar-refractivity contribution in [3.63, 3.8) is 0 Å². The van der Waals surface area contributed by atoms with Gasteiger partial charge >= 0.3 is 0 Å². The first kappa shape index (κ1) is 16.3. The molecule has 0 radical (unpaired) electrons. The van der Waals surface area contributed by atoms with Gasteiger partial charge < -0.3 is 4.74 Å². The monoisotopic (exact) mass is 389 g/mol. The Kier molecular flexibility index (Phi) is 5.64. The molecule has 7 heteroatoms. The van der Waals surface area contributed by atoms with E-state index in [2.05, 4.69) is 20.7 Å². The Morgan fingerprint density at radius 2 is 1.76 bits per heavy atom. The van der Waals surface area contributed by atoms with Crippen LogP contribution >= 0.6 is 27.5 Å². The first-order chi connectivity index (χ1) is 9.99. The summed E-state index contributed by atoms with van der Waals surface area (Å²) in [6, 6.07) is 13.6. The van der Waals surface area contributed by atoms with E-state index >= 15 is 0 Å². The molecule has 0 aliphatic heterocycles. The van der Waals surface area contributed by atoms with Gasteiger partial charge in [0.1, 0.15) is 17.3 Å². The predicted molar refractivity (Wildman–Crippen MR) is 86.3 cm³/mol. The molecule has 0 heterocycles. The van der Waals surface area contributed by atoms with E-state index in [1.54, 1.807) is 24.3 Å². The number of rotatable bonds is 6. The Balaban J connectivity index is 1.88. The van der Waals surface area contributed by atoms with Crippen LogP contribution in [-0.2, 0) is 10.0 Å². The van der Waals surface area contributed by atoms with E-state index in [9.17, 15) is 8.42 Å². The smallest absolute Gasteiger partial charge is 0.242 e. The molecule has 21 heavy (non-hydrogen) atoms. The number of nitrogens with one attached hydrogen (secondary N) is 1. The van der Waals surface area contributed by atoms with Gasteiger partial charge in [0.05, 0.1) is 5.02 Å². The zero-order valence-electron chi connectivity index (χ0n) is 10.9. The minimum Gasteiger partial charge on any atom is -0.492 e. The molecule has 0 spiro atoms. The number of hydrogen-bond donors (Lipinski definition) is 1. The Morgan fingerprint density at radius 3 is 2.43 bits per heavy atom. The van der Waals surface area contributed by atoms with Crippen molar-refractivity contribution in [2.75, 3.05) is 13.2 Å². The summed E-state index contributed by atoms with van der Waals surface area (Å²) in [6.07, 6.45) is 0. The number of halogens is 2. The minimum atomic E-state index is -3.62. The van der Waals surface area contributed by atoms with Gasteiger partial charge in [-0.15, -0.1) is 0 Å². The lowest BCUT2D eigenvalue weighted by Crippen LogP contribution is -2.28. The summed E-state index contributed by atoms with van der Waals surface area (Å²) in [5.74, 6) is 0.676. The Morgan fingerprint density at radius 1 is 1.10 bits per heavy atom. The van der Waals surface area contributed by atoms with Crippen LogP contribution in [0.5, 0.6) is 5.75 Å². The van der Waals surface area contributed by atoms with Crippen LogP contribution in [0.15, 0.2) is 57.9 Å². The molecule has 0 saturated heterocycles. The molecule has 4 nitrogen and oxygen atoms in total. The molecule has 2 aromatic carbocycles. The van der Waals surface area contributed by atoms with Crippen molar-refractivity contribution in [2.45, 2.75) is 4.90 Å². The second-order valence-electron chi connectivity index (χ2n) is 4.13. The van der Waals surface area contributed by atoms with Crippen molar-refractivity contribution in [1.82, 2.24) is 4.72 Å². The number of benzene rings is 2. The number of ether oxygens (including phenoxy) is 1. The molecule has 0 amide bonds. The molecule has 1 N–H and O–H groups in total. The fraction of sp³-hybridized carbons (Fsp3) is 0.143. The second kappa shape index (κ2) is 7.26. The molecule has 112 valence electrons. The Labute approximate surface area is 137 Å². The molecule has 2 aromatic rings. The molecule has 0 aliphatic carbocycles. The fourth-order valence-electron chi connectivity index (χ4n) is 1.62. The maximum absolute atomic E-state index is 12.1. The van der Waals surface area contributed by atoms with Gasteiger partial charge in [-0.3, -0.25) is 0 Å². The first-order valence-corrected chi connectivity index (χ1v) is 8.77. The Hall–Kier alpha value is -1.08. The summed E-state index contributed by atoms with van der Waals surface area (Å²) in [4.78, 5) is 0.0651. The third kappa shape index (κ3) is 4.71. The summed E-state index contributed by atoms with van der Waals surface area (Å²) in [5.41, 5.74) is 0. The van der Waals surface area contributed by atoms with Gasteiger partial charge in [-0.05, 0) is 36.4 Å². The average Bonchev–Trinajstić information content (AvgIpc) is 2.46. The molecule has 0 aromatic heterocycles. The second-order valence-corrected chi connectivity index (χ2v) is 7.19. The highest BCUT2D eigenvalue weighted by Crippen LogP contribution is 2.20. The lowest BCUT2D eigenvalue weighted by Gasteiger charge is -2.09. The van der Waals surface area contributed by atoms with Crippen molar-refractivity contribution in [3.8, 4) is 5.75 Å². The zero-order chi connectivity index (χ0) is 15.3. The van der Waals surface area contributed by atoms with E-state index < -0.39 is 10.0 Å². The molecule has 2 rings (SSSR count). The highest BCUT2D eigenvalue weighted by molar-refractivity contribution is 9.10. The number of hydrogen-bond acceptors (Lipinski definition) is 3. The predicted octanol–water partition coefficient (Wildman–Crippen LogP) is 3.46. The van der Waals surface area contributed by atoms with Gasteiger partial charge in [-0.1, -0.05) is 39.7 Å². The lowest BCUT2D eigenvalue weighted by atomic mass is 10.3. The van der Waals surface area contributed by atoms with E-state index in [1.165, 1.54) is 12.1 Å². The maximum atomic E-state index is 12.1. The third-order valence-corrected chi connectivity index (χ3v) is 5.09. The summed E-state index contributed by atoms with van der Waals surface area (Å²) in [5, 5.41) is 0.193. The third-order valence-electron chi connectivity index (χ3n) is 2.60. The molecule has 0 bridgehead atoms. The van der Waals surface area contributed by atoms with E-state index in [4.69, 9.17) is 16.3 Å². The molecule has 0 fully saturated rings. The zero-order valence-corrected chi connectivity index (χ0v) is 14.1. The van der Waals surface area contributed by atoms with Crippen LogP contribution in [0.1, 0.15) is 0 Å². The molecule has 0 saturated carbocycles. The van der Waals surface area contributed by atoms with Crippen molar-refractivity contribution in [1.29, 1.82) is 0 Å². The quantitative estimate of drug-likeness (QED) is 0.769. The van der Waals surface area contributed by atoms with Gasteiger partial charge in [0.2, 0.25) is 10.0 Å². The minimum absolute atomic E-state index is 0.0651. The van der Waals surface area contributed by atoms with Gasteiger partial charge in [0.15, 0.2) is 0 Å². The van der Waals surface area contributed by atoms with Crippen LogP contribution in [-0.4, -0.2) is 21.6 Å². The van der Waals surface area contributed by atoms with Crippen LogP contribution in [0.3, 0.4) is 0 Å². The van der Waals surface area contributed by atoms with Gasteiger partial charge in [0.25, 0.3) is 0 Å². The van der Waals surface area contributed by atoms with E-state index in [1.807, 2.05) is 12.1 Å². The topological polar surface area (TPSA) is 55.4 Å². The molecule has 0 unspecified atom stereocenters. The van der Waals surface area contributed by atoms with Crippen molar-refractivity contribution in [2.24, 2.45) is 0 Å². The van der Waals surface area contributed by atoms with Gasteiger partial charge in [-0.25, -0.2) is 13.1 Å². The maximum Gasteiger partial charge on any atom is 0.242 e. The lowest BCUT2D eigenvalue weighted by molar-refractivity contribution is 0.323. The van der Waals surface area contributed by atoms with Crippen molar-refractivity contribution < 1.29 is 13.2 Å². The highest BCUT2D eigenvalue weighted by atomic mass is 79.9. The van der Waals surface area contributed by atoms with Crippen LogP contribution in [0.4, 0.5) is 0 Å². The summed E-state index contributed by atoms with van der Waals surface area (Å²) < 4.78 is 32.9. The summed E-state index contributed by atoms with van der Waals surface area (Å²) in [6.45, 7) is 0.384. The Bertz CT molecular complexity index is 704. The summed E-state index contributed by atoms with van der Waals surface area (Å²) >= 11 is 9.20. The van der Waals surface area contributed by atoms with Crippen molar-refractivity contribution in [3.05, 3.63) is 58.0 Å². The highest BCUT2D eigenvalue weighted by Gasteiger charge is 2.16.